The highest BCUT2D eigenvalue weighted by molar-refractivity contribution is 5.80. The number of carboxylic acid groups (broad SMARTS) is 1. The van der Waals surface area contributed by atoms with E-state index in [0.29, 0.717) is 5.69 Å². The van der Waals surface area contributed by atoms with Gasteiger partial charge in [-0.25, -0.2) is 9.59 Å². The van der Waals surface area contributed by atoms with Crippen molar-refractivity contribution in [2.45, 2.75) is 32.4 Å². The molecule has 0 spiro atoms. The molecule has 0 fully saturated rings. The van der Waals surface area contributed by atoms with Gasteiger partial charge in [-0.3, -0.25) is 4.52 Å². The Labute approximate surface area is 160 Å². The maximum Gasteiger partial charge on any atom is 0.408 e. The summed E-state index contributed by atoms with van der Waals surface area (Å²) in [5.74, 6) is -1.54. The third-order valence-corrected chi connectivity index (χ3v) is 3.04. The number of nitrogens with one attached hydrogen (secondary N) is 1. The quantitative estimate of drug-likeness (QED) is 0.405. The fourth-order valence-corrected chi connectivity index (χ4v) is 1.89. The summed E-state index contributed by atoms with van der Waals surface area (Å²) in [7, 11) is 0. The molecule has 11 heteroatoms. The summed E-state index contributed by atoms with van der Waals surface area (Å²) in [6.45, 7) is 4.23. The van der Waals surface area contributed by atoms with Crippen molar-refractivity contribution in [2.24, 2.45) is 4.99 Å². The van der Waals surface area contributed by atoms with Gasteiger partial charge in [-0.15, -0.1) is 0 Å². The summed E-state index contributed by atoms with van der Waals surface area (Å²) in [5.41, 5.74) is -0.118. The van der Waals surface area contributed by atoms with Crippen molar-refractivity contribution < 1.29 is 38.5 Å². The van der Waals surface area contributed by atoms with Gasteiger partial charge in [0.05, 0.1) is 0 Å². The van der Waals surface area contributed by atoms with E-state index in [1.54, 1.807) is 45.0 Å². The maximum absolute atomic E-state index is 11.8. The van der Waals surface area contributed by atoms with E-state index in [1.165, 1.54) is 10.9 Å². The van der Waals surface area contributed by atoms with Gasteiger partial charge in [-0.05, 0) is 25.5 Å². The molecule has 0 aliphatic carbocycles. The predicted octanol–water partition coefficient (Wildman–Crippen LogP) is 0.294. The van der Waals surface area contributed by atoms with Gasteiger partial charge >= 0.3 is 17.9 Å². The third kappa shape index (κ3) is 6.59. The Bertz CT molecular complexity index is 843. The number of benzene rings is 1. The Morgan fingerprint density at radius 2 is 2.04 bits per heavy atom. The van der Waals surface area contributed by atoms with Gasteiger partial charge in [-0.2, -0.15) is 4.99 Å². The molecule has 2 rings (SSSR count). The Kier molecular flexibility index (Phi) is 6.53. The van der Waals surface area contributed by atoms with Crippen LogP contribution in [0.5, 0.6) is 0 Å². The Morgan fingerprint density at radius 3 is 2.64 bits per heavy atom. The number of ether oxygens (including phenoxy) is 2. The molecule has 0 aliphatic heterocycles. The van der Waals surface area contributed by atoms with Crippen LogP contribution in [-0.2, 0) is 14.3 Å². The molecule has 2 N–H and O–H groups in total. The summed E-state index contributed by atoms with van der Waals surface area (Å²) in [4.78, 5) is 26.4. The van der Waals surface area contributed by atoms with Crippen LogP contribution in [0.1, 0.15) is 20.8 Å². The van der Waals surface area contributed by atoms with Crippen LogP contribution in [0.15, 0.2) is 46.0 Å². The van der Waals surface area contributed by atoms with E-state index in [4.69, 9.17) is 19.1 Å². The van der Waals surface area contributed by atoms with Crippen LogP contribution in [0.4, 0.5) is 10.7 Å². The Hall–Kier alpha value is -3.63. The highest BCUT2D eigenvalue weighted by atomic mass is 16.6. The number of carbonyl (C=O) groups excluding carboxylic acids is 1. The molecule has 1 aromatic carbocycles. The van der Waals surface area contributed by atoms with Gasteiger partial charge in [0.15, 0.2) is 6.08 Å². The van der Waals surface area contributed by atoms with Gasteiger partial charge in [0.25, 0.3) is 6.20 Å². The molecule has 1 amide bonds. The van der Waals surface area contributed by atoms with Crippen LogP contribution < -0.4 is 15.1 Å². The predicted molar refractivity (Wildman–Crippen MR) is 91.9 cm³/mol. The molecule has 1 heterocycles. The lowest BCUT2D eigenvalue weighted by Gasteiger charge is -2.23. The minimum Gasteiger partial charge on any atom is -0.597 e. The standard InChI is InChI=1S/C17H20N4O7/c1-17(2,3)27-16(25)18-12(14(22)23)10-26-15(24)19-13-9-21(20-28-13)11-7-5-4-6-8-11/h4-9,12H,10H2,1-3H3,(H2-,18,19,20,22,23,24,25)/t12-/m0/s1. The second kappa shape index (κ2) is 8.84. The molecule has 0 aliphatic rings. The average Bonchev–Trinajstić information content (AvgIpc) is 3.06. The second-order valence-electron chi connectivity index (χ2n) is 6.55. The van der Waals surface area contributed by atoms with E-state index in [0.717, 1.165) is 0 Å². The van der Waals surface area contributed by atoms with Crippen LogP contribution in [-0.4, -0.2) is 46.8 Å². The number of aliphatic imine (C=N–C) groups is 1. The molecule has 1 atom stereocenters. The molecule has 0 unspecified atom stereocenters. The summed E-state index contributed by atoms with van der Waals surface area (Å²) >= 11 is 0. The van der Waals surface area contributed by atoms with Crippen molar-refractivity contribution in [2.75, 3.05) is 6.61 Å². The normalized spacial score (nSPS) is 12.9. The number of hydrogen-bond donors (Lipinski definition) is 2. The van der Waals surface area contributed by atoms with Crippen LogP contribution >= 0.6 is 0 Å². The number of carboxylic acids is 1. The summed E-state index contributed by atoms with van der Waals surface area (Å²) in [6.07, 6.45) is -0.704. The lowest BCUT2D eigenvalue weighted by atomic mass is 10.2. The number of alkyl carbamates (subject to hydrolysis) is 1. The summed E-state index contributed by atoms with van der Waals surface area (Å²) in [6, 6.07) is 7.46. The average molecular weight is 392 g/mol. The van der Waals surface area contributed by atoms with Crippen LogP contribution in [0.3, 0.4) is 0 Å². The number of aliphatic carboxylic acids is 1. The second-order valence-corrected chi connectivity index (χ2v) is 6.55. The first-order chi connectivity index (χ1) is 13.1. The zero-order chi connectivity index (χ0) is 20.7. The molecular weight excluding hydrogens is 372 g/mol. The van der Waals surface area contributed by atoms with Crippen LogP contribution in [0, 0.1) is 0 Å². The number of rotatable bonds is 6. The Balaban J connectivity index is 1.95. The molecular formula is C17H20N4O7. The lowest BCUT2D eigenvalue weighted by Crippen LogP contribution is -2.47. The van der Waals surface area contributed by atoms with Gasteiger partial charge in [0.2, 0.25) is 11.0 Å². The number of amides is 1. The molecule has 0 saturated carbocycles. The topological polar surface area (TPSA) is 150 Å². The van der Waals surface area contributed by atoms with E-state index in [9.17, 15) is 14.7 Å². The van der Waals surface area contributed by atoms with Gasteiger partial charge in [0.1, 0.15) is 11.6 Å². The molecule has 0 bridgehead atoms. The van der Waals surface area contributed by atoms with Gasteiger partial charge < -0.3 is 25.0 Å². The van der Waals surface area contributed by atoms with Crippen molar-refractivity contribution in [3.8, 4) is 5.69 Å². The minimum absolute atomic E-state index is 0.138. The van der Waals surface area contributed by atoms with Crippen molar-refractivity contribution in [1.29, 1.82) is 0 Å². The smallest absolute Gasteiger partial charge is 0.408 e. The van der Waals surface area contributed by atoms with Gasteiger partial charge in [0, 0.05) is 18.7 Å². The molecule has 28 heavy (non-hydrogen) atoms. The van der Waals surface area contributed by atoms with Crippen LogP contribution in [0.25, 0.3) is 5.69 Å². The first kappa shape index (κ1) is 20.7. The number of hydrogen-bond acceptors (Lipinski definition) is 8. The van der Waals surface area contributed by atoms with E-state index >= 15 is 0 Å². The molecule has 0 radical (unpaired) electrons. The summed E-state index contributed by atoms with van der Waals surface area (Å²) in [5, 5.41) is 26.7. The maximum atomic E-state index is 11.8. The van der Waals surface area contributed by atoms with Gasteiger partial charge in [-0.1, -0.05) is 18.2 Å². The number of para-hydroxylation sites is 1. The fraction of sp³-hybridized carbons (Fsp3) is 0.353. The largest absolute Gasteiger partial charge is 0.597 e. The number of nitrogens with zero attached hydrogens (tertiary/aromatic N) is 3. The van der Waals surface area contributed by atoms with E-state index < -0.39 is 36.4 Å². The monoisotopic (exact) mass is 392 g/mol. The van der Waals surface area contributed by atoms with Crippen molar-refractivity contribution in [3.63, 3.8) is 0 Å². The molecule has 0 saturated heterocycles. The van der Waals surface area contributed by atoms with Crippen LogP contribution in [0.2, 0.25) is 0 Å². The van der Waals surface area contributed by atoms with E-state index in [1.807, 2.05) is 6.07 Å². The van der Waals surface area contributed by atoms with E-state index in [2.05, 4.69) is 15.6 Å². The van der Waals surface area contributed by atoms with Crippen molar-refractivity contribution in [3.05, 3.63) is 36.5 Å². The van der Waals surface area contributed by atoms with Crippen molar-refractivity contribution >= 4 is 24.0 Å². The molecule has 2 aromatic rings. The zero-order valence-corrected chi connectivity index (χ0v) is 15.5. The molecule has 1 aromatic heterocycles. The fourth-order valence-electron chi connectivity index (χ4n) is 1.89. The highest BCUT2D eigenvalue weighted by Gasteiger charge is 2.23. The highest BCUT2D eigenvalue weighted by Crippen LogP contribution is 2.09. The Morgan fingerprint density at radius 1 is 1.36 bits per heavy atom. The SMILES string of the molecule is CC(C)(C)OC(=O)N[C@@H](CO/C([O-])=N/c1c[n+](-c2ccccc2)no1)C(=O)O. The molecule has 11 nitrogen and oxygen atoms in total. The first-order valence-electron chi connectivity index (χ1n) is 8.19. The number of carbonyl (C=O) groups is 2. The number of aromatic nitrogens is 2. The zero-order valence-electron chi connectivity index (χ0n) is 15.5. The minimum atomic E-state index is -1.50. The molecule has 150 valence electrons. The third-order valence-electron chi connectivity index (χ3n) is 3.04. The lowest BCUT2D eigenvalue weighted by molar-refractivity contribution is -0.670. The first-order valence-corrected chi connectivity index (χ1v) is 8.19. The summed E-state index contributed by atoms with van der Waals surface area (Å²) < 4.78 is 16.0. The van der Waals surface area contributed by atoms with Crippen molar-refractivity contribution in [1.82, 2.24) is 10.6 Å². The van der Waals surface area contributed by atoms with E-state index in [-0.39, 0.29) is 5.88 Å².